The number of hydrogen-bond donors (Lipinski definition) is 0. The Kier molecular flexibility index (Phi) is 8.73. The number of nitrogens with one attached hydrogen (secondary N) is 1. The van der Waals surface area contributed by atoms with E-state index in [1.54, 1.807) is 0 Å². The van der Waals surface area contributed by atoms with Crippen LogP contribution in [0.25, 0.3) is 5.73 Å². The first-order chi connectivity index (χ1) is 5.22. The van der Waals surface area contributed by atoms with Crippen LogP contribution >= 0.6 is 18.8 Å². The Hall–Kier alpha value is 1.23. The van der Waals surface area contributed by atoms with Gasteiger partial charge in [-0.05, 0) is 0 Å². The third-order valence-electron chi connectivity index (χ3n) is 1.91. The van der Waals surface area contributed by atoms with E-state index in [0.29, 0.717) is 5.92 Å². The van der Waals surface area contributed by atoms with E-state index >= 15 is 0 Å². The van der Waals surface area contributed by atoms with Gasteiger partial charge in [0, 0.05) is 0 Å². The van der Waals surface area contributed by atoms with Crippen LogP contribution in [-0.4, -0.2) is 6.04 Å². The summed E-state index contributed by atoms with van der Waals surface area (Å²) in [4.78, 5) is 0. The second-order valence-corrected chi connectivity index (χ2v) is 5.98. The molecular weight excluding hydrogens is 364 g/mol. The third-order valence-corrected chi connectivity index (χ3v) is 1.91. The topological polar surface area (TPSA) is 23.8 Å². The molecule has 4 heteroatoms. The van der Waals surface area contributed by atoms with Crippen molar-refractivity contribution < 1.29 is 16.5 Å². The quantitative estimate of drug-likeness (QED) is 0.574. The summed E-state index contributed by atoms with van der Waals surface area (Å²) in [6.45, 7) is 3.89. The van der Waals surface area contributed by atoms with Gasteiger partial charge in [-0.1, -0.05) is 25.7 Å². The third kappa shape index (κ3) is 6.39. The van der Waals surface area contributed by atoms with E-state index in [0.717, 1.165) is 6.42 Å². The van der Waals surface area contributed by atoms with Gasteiger partial charge in [0.05, 0.1) is 0 Å². The number of rotatable bonds is 0. The zero-order valence-electron chi connectivity index (χ0n) is 6.26. The fourth-order valence-corrected chi connectivity index (χ4v) is 1.21. The van der Waals surface area contributed by atoms with Gasteiger partial charge in [-0.25, -0.2) is 0 Å². The molecule has 0 aromatic carbocycles. The standard InChI is InChI=1S/C7H13N.2ClH.Pt/c1-6-4-2-3-5-7(6)8;;;/h6-8H,1-5H2;2*1H;/q-2;;;+4/p-2/t6-,7+;;;/m1.../s1. The van der Waals surface area contributed by atoms with Gasteiger partial charge < -0.3 is 12.7 Å². The van der Waals surface area contributed by atoms with E-state index in [1.807, 2.05) is 0 Å². The SMILES string of the molecule is [CH2-][C@@H]1CCCC[C@@H]1[NH-].[Cl][Pt+2][Cl]. The predicted octanol–water partition coefficient (Wildman–Crippen LogP) is 3.81. The normalized spacial score (nSPS) is 30.9. The second kappa shape index (κ2) is 7.86. The van der Waals surface area contributed by atoms with E-state index in [1.165, 1.54) is 19.3 Å². The average molecular weight is 377 g/mol. The molecule has 1 rings (SSSR count). The Morgan fingerprint density at radius 3 is 2.00 bits per heavy atom. The molecule has 0 bridgehead atoms. The van der Waals surface area contributed by atoms with Crippen molar-refractivity contribution in [3.05, 3.63) is 12.7 Å². The van der Waals surface area contributed by atoms with Gasteiger partial charge in [-0.3, -0.25) is 0 Å². The Balaban J connectivity index is 0.000000292. The van der Waals surface area contributed by atoms with Crippen molar-refractivity contribution in [2.45, 2.75) is 31.7 Å². The summed E-state index contributed by atoms with van der Waals surface area (Å²) in [6, 6.07) is 0.142. The Bertz CT molecular complexity index is 82.5. The summed E-state index contributed by atoms with van der Waals surface area (Å²) in [7, 11) is 9.75. The van der Waals surface area contributed by atoms with Crippen LogP contribution in [0, 0.1) is 12.8 Å². The Morgan fingerprint density at radius 2 is 1.73 bits per heavy atom. The molecule has 11 heavy (non-hydrogen) atoms. The van der Waals surface area contributed by atoms with Crippen molar-refractivity contribution in [1.82, 2.24) is 0 Å². The zero-order chi connectivity index (χ0) is 8.69. The number of halogens is 2. The van der Waals surface area contributed by atoms with Crippen LogP contribution in [0.3, 0.4) is 0 Å². The van der Waals surface area contributed by atoms with Crippen molar-refractivity contribution in [3.8, 4) is 0 Å². The summed E-state index contributed by atoms with van der Waals surface area (Å²) in [5.74, 6) is 0.420. The molecule has 1 fully saturated rings. The van der Waals surface area contributed by atoms with E-state index in [4.69, 9.17) is 24.6 Å². The molecule has 2 atom stereocenters. The molecule has 0 unspecified atom stereocenters. The van der Waals surface area contributed by atoms with Crippen molar-refractivity contribution in [2.75, 3.05) is 0 Å². The van der Waals surface area contributed by atoms with Crippen molar-refractivity contribution in [2.24, 2.45) is 5.92 Å². The van der Waals surface area contributed by atoms with Crippen molar-refractivity contribution in [1.29, 1.82) is 0 Å². The van der Waals surface area contributed by atoms with Crippen LogP contribution < -0.4 is 0 Å². The predicted molar refractivity (Wildman–Crippen MR) is 47.1 cm³/mol. The minimum atomic E-state index is -0.472. The van der Waals surface area contributed by atoms with Gasteiger partial charge in [-0.15, -0.1) is 0 Å². The van der Waals surface area contributed by atoms with Crippen molar-refractivity contribution >= 4 is 18.8 Å². The summed E-state index contributed by atoms with van der Waals surface area (Å²) < 4.78 is 0. The van der Waals surface area contributed by atoms with E-state index in [-0.39, 0.29) is 6.04 Å². The van der Waals surface area contributed by atoms with Gasteiger partial charge in [0.1, 0.15) is 0 Å². The van der Waals surface area contributed by atoms with Gasteiger partial charge in [0.25, 0.3) is 0 Å². The fourth-order valence-electron chi connectivity index (χ4n) is 1.21. The fraction of sp³-hybridized carbons (Fsp3) is 0.857. The molecule has 1 nitrogen and oxygen atoms in total. The molecule has 0 radical (unpaired) electrons. The summed E-state index contributed by atoms with van der Waals surface area (Å²) >= 11 is -0.472. The van der Waals surface area contributed by atoms with Crippen LogP contribution in [0.1, 0.15) is 25.7 Å². The molecule has 0 spiro atoms. The molecule has 0 heterocycles. The maximum absolute atomic E-state index is 7.42. The van der Waals surface area contributed by atoms with Crippen LogP contribution in [0.2, 0.25) is 0 Å². The molecule has 1 aliphatic rings. The molecule has 0 aromatic rings. The first kappa shape index (κ1) is 12.2. The molecule has 0 aromatic heterocycles. The second-order valence-electron chi connectivity index (χ2n) is 2.70. The first-order valence-electron chi connectivity index (χ1n) is 3.59. The summed E-state index contributed by atoms with van der Waals surface area (Å²) in [5, 5.41) is 0. The van der Waals surface area contributed by atoms with Crippen LogP contribution in [0.15, 0.2) is 0 Å². The van der Waals surface area contributed by atoms with Crippen LogP contribution in [0.4, 0.5) is 0 Å². The molecule has 1 aliphatic carbocycles. The number of hydrogen-bond acceptors (Lipinski definition) is 0. The average Bonchev–Trinajstić information content (AvgIpc) is 1.97. The Morgan fingerprint density at radius 1 is 1.27 bits per heavy atom. The molecule has 0 amide bonds. The van der Waals surface area contributed by atoms with E-state index in [9.17, 15) is 0 Å². The van der Waals surface area contributed by atoms with Crippen LogP contribution in [0.5, 0.6) is 0 Å². The van der Waals surface area contributed by atoms with Crippen LogP contribution in [-0.2, 0) is 16.5 Å². The molecule has 1 N–H and O–H groups in total. The van der Waals surface area contributed by atoms with E-state index in [2.05, 4.69) is 6.92 Å². The van der Waals surface area contributed by atoms with Gasteiger partial charge in [-0.2, -0.15) is 12.0 Å². The van der Waals surface area contributed by atoms with Gasteiger partial charge >= 0.3 is 35.3 Å². The van der Waals surface area contributed by atoms with Crippen molar-refractivity contribution in [3.63, 3.8) is 0 Å². The van der Waals surface area contributed by atoms with E-state index < -0.39 is 16.5 Å². The summed E-state index contributed by atoms with van der Waals surface area (Å²) in [5.41, 5.74) is 7.42. The molecule has 0 saturated heterocycles. The zero-order valence-corrected chi connectivity index (χ0v) is 10.0. The molecular formula is C7H13Cl2NPt. The molecule has 1 saturated carbocycles. The van der Waals surface area contributed by atoms with Gasteiger partial charge in [0.2, 0.25) is 0 Å². The minimum absolute atomic E-state index is 0.142. The summed E-state index contributed by atoms with van der Waals surface area (Å²) in [6.07, 6.45) is 4.80. The Labute approximate surface area is 85.4 Å². The molecule has 70 valence electrons. The van der Waals surface area contributed by atoms with Gasteiger partial charge in [0.15, 0.2) is 0 Å². The monoisotopic (exact) mass is 376 g/mol. The molecule has 0 aliphatic heterocycles. The maximum atomic E-state index is 7.42. The first-order valence-corrected chi connectivity index (χ1v) is 9.22.